The molecule has 1 fully saturated rings. The fraction of sp³-hybridized carbons (Fsp3) is 0.917. The van der Waals surface area contributed by atoms with Crippen LogP contribution in [0.15, 0.2) is 0 Å². The minimum atomic E-state index is -0.163. The van der Waals surface area contributed by atoms with E-state index in [1.807, 2.05) is 20.8 Å². The van der Waals surface area contributed by atoms with E-state index >= 15 is 0 Å². The highest BCUT2D eigenvalue weighted by Crippen LogP contribution is 2.06. The van der Waals surface area contributed by atoms with Crippen molar-refractivity contribution in [3.8, 4) is 0 Å². The highest BCUT2D eigenvalue weighted by molar-refractivity contribution is 5.77. The van der Waals surface area contributed by atoms with E-state index in [1.165, 1.54) is 0 Å². The molecule has 1 atom stereocenters. The van der Waals surface area contributed by atoms with E-state index in [0.717, 1.165) is 19.5 Å². The van der Waals surface area contributed by atoms with Crippen molar-refractivity contribution in [2.75, 3.05) is 32.9 Å². The van der Waals surface area contributed by atoms with Crippen molar-refractivity contribution in [1.82, 2.24) is 10.6 Å². The van der Waals surface area contributed by atoms with E-state index in [1.54, 1.807) is 0 Å². The van der Waals surface area contributed by atoms with Crippen LogP contribution in [0.5, 0.6) is 0 Å². The molecule has 17 heavy (non-hydrogen) atoms. The largest absolute Gasteiger partial charge is 0.373 e. The Bertz CT molecular complexity index is 238. The first-order chi connectivity index (χ1) is 8.03. The standard InChI is InChI=1S/C12H24N2O3/c1-4-12(2,3)14-11(15)9-16-8-10-7-13-5-6-17-10/h10,13H,4-9H2,1-3H3,(H,14,15). The van der Waals surface area contributed by atoms with Crippen molar-refractivity contribution >= 4 is 5.91 Å². The third kappa shape index (κ3) is 6.00. The van der Waals surface area contributed by atoms with Crippen LogP contribution in [0.25, 0.3) is 0 Å². The van der Waals surface area contributed by atoms with E-state index in [-0.39, 0.29) is 24.2 Å². The lowest BCUT2D eigenvalue weighted by atomic mass is 10.0. The van der Waals surface area contributed by atoms with Crippen LogP contribution in [-0.2, 0) is 14.3 Å². The van der Waals surface area contributed by atoms with Crippen molar-refractivity contribution in [3.63, 3.8) is 0 Å². The van der Waals surface area contributed by atoms with Crippen molar-refractivity contribution < 1.29 is 14.3 Å². The molecule has 1 rings (SSSR count). The summed E-state index contributed by atoms with van der Waals surface area (Å²) < 4.78 is 10.8. The Balaban J connectivity index is 2.11. The molecule has 1 amide bonds. The van der Waals surface area contributed by atoms with E-state index in [9.17, 15) is 4.79 Å². The van der Waals surface area contributed by atoms with Gasteiger partial charge in [-0.2, -0.15) is 0 Å². The van der Waals surface area contributed by atoms with Crippen LogP contribution in [0.2, 0.25) is 0 Å². The molecule has 1 heterocycles. The molecule has 0 saturated carbocycles. The summed E-state index contributed by atoms with van der Waals surface area (Å²) in [6.45, 7) is 9.00. The molecule has 0 aliphatic carbocycles. The second-order valence-electron chi connectivity index (χ2n) is 5.00. The zero-order valence-electron chi connectivity index (χ0n) is 11.0. The van der Waals surface area contributed by atoms with Gasteiger partial charge in [0.2, 0.25) is 5.91 Å². The van der Waals surface area contributed by atoms with Gasteiger partial charge in [0.1, 0.15) is 6.61 Å². The summed E-state index contributed by atoms with van der Waals surface area (Å²) in [5, 5.41) is 6.14. The van der Waals surface area contributed by atoms with Gasteiger partial charge in [-0.3, -0.25) is 4.79 Å². The molecule has 1 aliphatic heterocycles. The molecule has 5 heteroatoms. The first-order valence-corrected chi connectivity index (χ1v) is 6.24. The molecule has 0 aromatic carbocycles. The van der Waals surface area contributed by atoms with Crippen LogP contribution in [0.3, 0.4) is 0 Å². The third-order valence-corrected chi connectivity index (χ3v) is 2.90. The molecule has 0 bridgehead atoms. The summed E-state index contributed by atoms with van der Waals surface area (Å²) in [6.07, 6.45) is 0.963. The molecule has 0 spiro atoms. The second-order valence-corrected chi connectivity index (χ2v) is 5.00. The molecule has 0 radical (unpaired) electrons. The van der Waals surface area contributed by atoms with Gasteiger partial charge in [0, 0.05) is 18.6 Å². The number of ether oxygens (including phenoxy) is 2. The Labute approximate surface area is 103 Å². The number of hydrogen-bond acceptors (Lipinski definition) is 4. The van der Waals surface area contributed by atoms with Gasteiger partial charge in [0.25, 0.3) is 0 Å². The molecule has 5 nitrogen and oxygen atoms in total. The molecular weight excluding hydrogens is 220 g/mol. The summed E-state index contributed by atoms with van der Waals surface area (Å²) in [6, 6.07) is 0. The first-order valence-electron chi connectivity index (χ1n) is 6.24. The maximum atomic E-state index is 11.6. The number of rotatable bonds is 6. The lowest BCUT2D eigenvalue weighted by Crippen LogP contribution is -2.45. The van der Waals surface area contributed by atoms with Crippen molar-refractivity contribution in [1.29, 1.82) is 0 Å². The van der Waals surface area contributed by atoms with Crippen molar-refractivity contribution in [2.45, 2.75) is 38.8 Å². The van der Waals surface area contributed by atoms with Gasteiger partial charge in [-0.1, -0.05) is 6.92 Å². The fourth-order valence-electron chi connectivity index (χ4n) is 1.51. The molecule has 2 N–H and O–H groups in total. The second kappa shape index (κ2) is 6.93. The normalized spacial score (nSPS) is 21.2. The Morgan fingerprint density at radius 1 is 1.59 bits per heavy atom. The maximum absolute atomic E-state index is 11.6. The van der Waals surface area contributed by atoms with E-state index < -0.39 is 0 Å². The van der Waals surface area contributed by atoms with Gasteiger partial charge < -0.3 is 20.1 Å². The predicted molar refractivity (Wildman–Crippen MR) is 65.9 cm³/mol. The Morgan fingerprint density at radius 2 is 2.35 bits per heavy atom. The predicted octanol–water partition coefficient (Wildman–Crippen LogP) is 0.296. The number of nitrogens with one attached hydrogen (secondary N) is 2. The highest BCUT2D eigenvalue weighted by Gasteiger charge is 2.18. The van der Waals surface area contributed by atoms with E-state index in [0.29, 0.717) is 13.2 Å². The molecule has 1 saturated heterocycles. The van der Waals surface area contributed by atoms with Gasteiger partial charge in [-0.15, -0.1) is 0 Å². The quantitative estimate of drug-likeness (QED) is 0.705. The van der Waals surface area contributed by atoms with Gasteiger partial charge in [-0.05, 0) is 20.3 Å². The summed E-state index contributed by atoms with van der Waals surface area (Å²) in [4.78, 5) is 11.6. The lowest BCUT2D eigenvalue weighted by molar-refractivity contribution is -0.129. The minimum Gasteiger partial charge on any atom is -0.373 e. The van der Waals surface area contributed by atoms with Crippen LogP contribution in [0.4, 0.5) is 0 Å². The van der Waals surface area contributed by atoms with Crippen LogP contribution < -0.4 is 10.6 Å². The zero-order chi connectivity index (χ0) is 12.7. The zero-order valence-corrected chi connectivity index (χ0v) is 11.0. The number of morpholine rings is 1. The monoisotopic (exact) mass is 244 g/mol. The number of carbonyl (C=O) groups is 1. The fourth-order valence-corrected chi connectivity index (χ4v) is 1.51. The number of carbonyl (C=O) groups excluding carboxylic acids is 1. The number of amides is 1. The molecule has 100 valence electrons. The highest BCUT2D eigenvalue weighted by atomic mass is 16.5. The average molecular weight is 244 g/mol. The van der Waals surface area contributed by atoms with Crippen LogP contribution in [0.1, 0.15) is 27.2 Å². The lowest BCUT2D eigenvalue weighted by Gasteiger charge is -2.25. The number of hydrogen-bond donors (Lipinski definition) is 2. The minimum absolute atomic E-state index is 0.0655. The SMILES string of the molecule is CCC(C)(C)NC(=O)COCC1CNCCO1. The Hall–Kier alpha value is -0.650. The molecule has 0 aromatic rings. The topological polar surface area (TPSA) is 59.6 Å². The summed E-state index contributed by atoms with van der Waals surface area (Å²) in [5.74, 6) is -0.0689. The third-order valence-electron chi connectivity index (χ3n) is 2.90. The van der Waals surface area contributed by atoms with Gasteiger partial charge in [-0.25, -0.2) is 0 Å². The average Bonchev–Trinajstić information content (AvgIpc) is 2.30. The van der Waals surface area contributed by atoms with Crippen molar-refractivity contribution in [2.24, 2.45) is 0 Å². The van der Waals surface area contributed by atoms with Crippen LogP contribution >= 0.6 is 0 Å². The van der Waals surface area contributed by atoms with Gasteiger partial charge >= 0.3 is 0 Å². The summed E-state index contributed by atoms with van der Waals surface area (Å²) in [7, 11) is 0. The first kappa shape index (κ1) is 14.4. The Morgan fingerprint density at radius 3 is 2.94 bits per heavy atom. The van der Waals surface area contributed by atoms with Gasteiger partial charge in [0.05, 0.1) is 19.3 Å². The molecule has 1 aliphatic rings. The smallest absolute Gasteiger partial charge is 0.246 e. The maximum Gasteiger partial charge on any atom is 0.246 e. The van der Waals surface area contributed by atoms with E-state index in [4.69, 9.17) is 9.47 Å². The van der Waals surface area contributed by atoms with Crippen LogP contribution in [0, 0.1) is 0 Å². The Kier molecular flexibility index (Phi) is 5.88. The van der Waals surface area contributed by atoms with E-state index in [2.05, 4.69) is 10.6 Å². The summed E-state index contributed by atoms with van der Waals surface area (Å²) in [5.41, 5.74) is -0.163. The molecular formula is C12H24N2O3. The summed E-state index contributed by atoms with van der Waals surface area (Å²) >= 11 is 0. The molecule has 1 unspecified atom stereocenters. The van der Waals surface area contributed by atoms with Gasteiger partial charge in [0.15, 0.2) is 0 Å². The van der Waals surface area contributed by atoms with Crippen molar-refractivity contribution in [3.05, 3.63) is 0 Å². The molecule has 0 aromatic heterocycles. The van der Waals surface area contributed by atoms with Crippen LogP contribution in [-0.4, -0.2) is 50.5 Å².